The number of amides is 1. The first-order chi connectivity index (χ1) is 36.0. The van der Waals surface area contributed by atoms with Crippen LogP contribution in [0.5, 0.6) is 0 Å². The van der Waals surface area contributed by atoms with Gasteiger partial charge >= 0.3 is 5.97 Å². The van der Waals surface area contributed by atoms with Crippen molar-refractivity contribution >= 4 is 11.9 Å². The van der Waals surface area contributed by atoms with E-state index in [9.17, 15) is 19.8 Å². The lowest BCUT2D eigenvalue weighted by Gasteiger charge is -2.22. The molecular formula is C67H129NO5. The molecule has 6 nitrogen and oxygen atoms in total. The average molecular weight is 1030 g/mol. The summed E-state index contributed by atoms with van der Waals surface area (Å²) in [5.74, 6) is -0.0204. The van der Waals surface area contributed by atoms with E-state index in [1.54, 1.807) is 0 Å². The van der Waals surface area contributed by atoms with Crippen LogP contribution < -0.4 is 5.32 Å². The summed E-state index contributed by atoms with van der Waals surface area (Å²) in [5.41, 5.74) is 0. The van der Waals surface area contributed by atoms with Gasteiger partial charge in [-0.25, -0.2) is 0 Å². The van der Waals surface area contributed by atoms with Crippen LogP contribution in [0.15, 0.2) is 24.3 Å². The number of allylic oxidation sites excluding steroid dienone is 4. The van der Waals surface area contributed by atoms with Gasteiger partial charge in [-0.3, -0.25) is 9.59 Å². The van der Waals surface area contributed by atoms with Crippen LogP contribution in [0.25, 0.3) is 0 Å². The second-order valence-electron chi connectivity index (χ2n) is 22.8. The van der Waals surface area contributed by atoms with Gasteiger partial charge in [0.2, 0.25) is 5.91 Å². The Labute approximate surface area is 456 Å². The maximum Gasteiger partial charge on any atom is 0.305 e. The van der Waals surface area contributed by atoms with E-state index in [4.69, 9.17) is 4.74 Å². The topological polar surface area (TPSA) is 95.9 Å². The Bertz CT molecular complexity index is 1140. The fraction of sp³-hybridized carbons (Fsp3) is 0.910. The number of esters is 1. The van der Waals surface area contributed by atoms with E-state index in [0.29, 0.717) is 25.9 Å². The number of ether oxygens (including phenoxy) is 1. The molecule has 0 heterocycles. The molecular weight excluding hydrogens is 899 g/mol. The summed E-state index contributed by atoms with van der Waals surface area (Å²) in [6.45, 7) is 4.97. The zero-order chi connectivity index (χ0) is 52.9. The first-order valence-electron chi connectivity index (χ1n) is 33.1. The number of carbonyl (C=O) groups is 2. The summed E-state index contributed by atoms with van der Waals surface area (Å²) in [7, 11) is 0. The fourth-order valence-electron chi connectivity index (χ4n) is 10.4. The van der Waals surface area contributed by atoms with Crippen molar-refractivity contribution in [3.8, 4) is 0 Å². The first kappa shape index (κ1) is 71.3. The molecule has 432 valence electrons. The van der Waals surface area contributed by atoms with Gasteiger partial charge in [-0.15, -0.1) is 0 Å². The second kappa shape index (κ2) is 62.9. The van der Waals surface area contributed by atoms with Crippen molar-refractivity contribution < 1.29 is 24.5 Å². The van der Waals surface area contributed by atoms with Crippen LogP contribution in [0.2, 0.25) is 0 Å². The summed E-state index contributed by atoms with van der Waals surface area (Å²) in [5, 5.41) is 23.3. The Morgan fingerprint density at radius 2 is 0.685 bits per heavy atom. The highest BCUT2D eigenvalue weighted by molar-refractivity contribution is 5.76. The Kier molecular flexibility index (Phi) is 61.4. The molecule has 0 saturated carbocycles. The van der Waals surface area contributed by atoms with Crippen LogP contribution in [0, 0.1) is 0 Å². The zero-order valence-corrected chi connectivity index (χ0v) is 49.4. The molecule has 2 unspecified atom stereocenters. The van der Waals surface area contributed by atoms with Crippen molar-refractivity contribution in [3.05, 3.63) is 24.3 Å². The van der Waals surface area contributed by atoms with Crippen molar-refractivity contribution in [2.24, 2.45) is 0 Å². The van der Waals surface area contributed by atoms with Crippen LogP contribution >= 0.6 is 0 Å². The Hall–Kier alpha value is -1.66. The molecule has 0 rings (SSSR count). The lowest BCUT2D eigenvalue weighted by molar-refractivity contribution is -0.143. The third-order valence-electron chi connectivity index (χ3n) is 15.5. The molecule has 0 aromatic carbocycles. The molecule has 3 N–H and O–H groups in total. The van der Waals surface area contributed by atoms with Crippen molar-refractivity contribution in [2.45, 2.75) is 379 Å². The maximum absolute atomic E-state index is 12.5. The number of unbranched alkanes of at least 4 members (excludes halogenated alkanes) is 47. The van der Waals surface area contributed by atoms with E-state index >= 15 is 0 Å². The minimum absolute atomic E-state index is 0.0131. The highest BCUT2D eigenvalue weighted by atomic mass is 16.5. The van der Waals surface area contributed by atoms with Gasteiger partial charge in [-0.1, -0.05) is 321 Å². The van der Waals surface area contributed by atoms with Crippen LogP contribution in [0.1, 0.15) is 367 Å². The van der Waals surface area contributed by atoms with E-state index in [1.165, 1.54) is 289 Å². The van der Waals surface area contributed by atoms with Crippen LogP contribution in [-0.4, -0.2) is 47.4 Å². The van der Waals surface area contributed by atoms with E-state index in [0.717, 1.165) is 44.9 Å². The quantitative estimate of drug-likeness (QED) is 0.0320. The van der Waals surface area contributed by atoms with E-state index in [-0.39, 0.29) is 18.5 Å². The van der Waals surface area contributed by atoms with Crippen molar-refractivity contribution in [1.82, 2.24) is 5.32 Å². The van der Waals surface area contributed by atoms with Crippen molar-refractivity contribution in [3.63, 3.8) is 0 Å². The Balaban J connectivity index is 3.40. The van der Waals surface area contributed by atoms with Gasteiger partial charge in [0, 0.05) is 12.8 Å². The van der Waals surface area contributed by atoms with E-state index < -0.39 is 12.1 Å². The average Bonchev–Trinajstić information content (AvgIpc) is 3.39. The van der Waals surface area contributed by atoms with E-state index in [1.807, 2.05) is 0 Å². The molecule has 0 aliphatic heterocycles. The molecule has 6 heteroatoms. The van der Waals surface area contributed by atoms with Crippen LogP contribution in [-0.2, 0) is 14.3 Å². The molecule has 0 aliphatic carbocycles. The summed E-state index contributed by atoms with van der Waals surface area (Å²) in [4.78, 5) is 24.5. The smallest absolute Gasteiger partial charge is 0.305 e. The molecule has 0 radical (unpaired) electrons. The molecule has 73 heavy (non-hydrogen) atoms. The van der Waals surface area contributed by atoms with Gasteiger partial charge in [-0.2, -0.15) is 0 Å². The summed E-state index contributed by atoms with van der Waals surface area (Å²) in [6.07, 6.45) is 77.8. The number of nitrogens with one attached hydrogen (secondary N) is 1. The lowest BCUT2D eigenvalue weighted by atomic mass is 10.0. The highest BCUT2D eigenvalue weighted by Crippen LogP contribution is 2.18. The second-order valence-corrected chi connectivity index (χ2v) is 22.8. The third-order valence-corrected chi connectivity index (χ3v) is 15.5. The molecule has 0 bridgehead atoms. The predicted molar refractivity (Wildman–Crippen MR) is 320 cm³/mol. The highest BCUT2D eigenvalue weighted by Gasteiger charge is 2.20. The summed E-state index contributed by atoms with van der Waals surface area (Å²) < 4.78 is 5.47. The molecule has 0 aromatic rings. The fourth-order valence-corrected chi connectivity index (χ4v) is 10.4. The number of hydrogen-bond acceptors (Lipinski definition) is 5. The number of aliphatic hydroxyl groups is 2. The summed E-state index contributed by atoms with van der Waals surface area (Å²) in [6, 6.07) is -0.542. The normalized spacial score (nSPS) is 12.7. The number of carbonyl (C=O) groups excluding carboxylic acids is 2. The number of aliphatic hydroxyl groups excluding tert-OH is 2. The largest absolute Gasteiger partial charge is 0.466 e. The third kappa shape index (κ3) is 59.4. The molecule has 0 aromatic heterocycles. The molecule has 2 atom stereocenters. The lowest BCUT2D eigenvalue weighted by Crippen LogP contribution is -2.45. The van der Waals surface area contributed by atoms with Gasteiger partial charge in [0.05, 0.1) is 25.4 Å². The van der Waals surface area contributed by atoms with Crippen LogP contribution in [0.3, 0.4) is 0 Å². The van der Waals surface area contributed by atoms with E-state index in [2.05, 4.69) is 43.5 Å². The van der Waals surface area contributed by atoms with Gasteiger partial charge in [0.15, 0.2) is 0 Å². The Morgan fingerprint density at radius 3 is 1.04 bits per heavy atom. The van der Waals surface area contributed by atoms with Crippen molar-refractivity contribution in [1.29, 1.82) is 0 Å². The summed E-state index contributed by atoms with van der Waals surface area (Å²) >= 11 is 0. The molecule has 0 spiro atoms. The Morgan fingerprint density at radius 1 is 0.384 bits per heavy atom. The zero-order valence-electron chi connectivity index (χ0n) is 49.4. The van der Waals surface area contributed by atoms with Gasteiger partial charge in [0.25, 0.3) is 0 Å². The molecule has 1 amide bonds. The van der Waals surface area contributed by atoms with Gasteiger partial charge < -0.3 is 20.3 Å². The van der Waals surface area contributed by atoms with Crippen LogP contribution in [0.4, 0.5) is 0 Å². The molecule has 0 fully saturated rings. The standard InChI is InChI=1S/C67H129NO5/c1-3-5-7-9-11-13-15-17-33-36-39-43-47-51-55-59-65(70)64(63-69)68-66(71)60-56-52-48-44-40-37-34-31-29-27-25-23-21-19-18-20-22-24-26-28-30-32-35-38-42-46-50-54-58-62-73-67(72)61-57-53-49-45-41-16-14-12-10-8-6-4-2/h18,20,24,26,64-65,69-70H,3-17,19,21-23,25,27-63H2,1-2H3,(H,68,71)/b20-18-,26-24-. The SMILES string of the molecule is CCCCCCCCCCCCCCCCCC(O)C(CO)NC(=O)CCCCCCCCCCCCCCC/C=C\C/C=C\CCCCCCCCCCCOC(=O)CCCCCCCCCCCCCC. The predicted octanol–water partition coefficient (Wildman–Crippen LogP) is 21.0. The minimum Gasteiger partial charge on any atom is -0.466 e. The first-order valence-corrected chi connectivity index (χ1v) is 33.1. The number of hydrogen-bond donors (Lipinski definition) is 3. The van der Waals surface area contributed by atoms with Gasteiger partial charge in [0.1, 0.15) is 0 Å². The van der Waals surface area contributed by atoms with Crippen molar-refractivity contribution in [2.75, 3.05) is 13.2 Å². The minimum atomic E-state index is -0.664. The monoisotopic (exact) mass is 1030 g/mol. The molecule has 0 aliphatic rings. The number of rotatable bonds is 62. The molecule has 0 saturated heterocycles. The van der Waals surface area contributed by atoms with Gasteiger partial charge in [-0.05, 0) is 57.8 Å². The maximum atomic E-state index is 12.5.